The van der Waals surface area contributed by atoms with Crippen molar-refractivity contribution in [3.63, 3.8) is 0 Å². The van der Waals surface area contributed by atoms with E-state index in [0.717, 1.165) is 16.5 Å². The van der Waals surface area contributed by atoms with Gasteiger partial charge in [-0.3, -0.25) is 0 Å². The highest BCUT2D eigenvalue weighted by Gasteiger charge is 2.19. The van der Waals surface area contributed by atoms with Crippen LogP contribution in [0.25, 0.3) is 11.0 Å². The highest BCUT2D eigenvalue weighted by molar-refractivity contribution is 5.82. The monoisotopic (exact) mass is 287 g/mol. The van der Waals surface area contributed by atoms with E-state index in [1.54, 1.807) is 0 Å². The van der Waals surface area contributed by atoms with Crippen LogP contribution in [0.5, 0.6) is 0 Å². The van der Waals surface area contributed by atoms with Crippen LogP contribution in [-0.2, 0) is 0 Å². The second-order valence-corrected chi connectivity index (χ2v) is 5.05. The van der Waals surface area contributed by atoms with E-state index in [4.69, 9.17) is 4.42 Å². The van der Waals surface area contributed by atoms with E-state index in [-0.39, 0.29) is 11.7 Å². The molecule has 0 amide bonds. The summed E-state index contributed by atoms with van der Waals surface area (Å²) in [7, 11) is 0. The van der Waals surface area contributed by atoms with E-state index in [0.29, 0.717) is 5.76 Å². The second kappa shape index (κ2) is 5.20. The SMILES string of the molecule is Cc1c(C(C)Nc2c(F)cccc2F)oc2ccccc12. The van der Waals surface area contributed by atoms with E-state index in [1.807, 2.05) is 38.1 Å². The van der Waals surface area contributed by atoms with Crippen LogP contribution in [0.2, 0.25) is 0 Å². The molecule has 1 aromatic heterocycles. The number of anilines is 1. The molecule has 1 heterocycles. The first-order valence-electron chi connectivity index (χ1n) is 6.76. The molecule has 0 saturated carbocycles. The normalized spacial score (nSPS) is 12.6. The van der Waals surface area contributed by atoms with Crippen molar-refractivity contribution in [3.05, 3.63) is 65.4 Å². The van der Waals surface area contributed by atoms with Gasteiger partial charge in [0.05, 0.1) is 6.04 Å². The zero-order valence-corrected chi connectivity index (χ0v) is 11.8. The Hall–Kier alpha value is -2.36. The number of nitrogens with one attached hydrogen (secondary N) is 1. The zero-order chi connectivity index (χ0) is 15.0. The Morgan fingerprint density at radius 1 is 1.00 bits per heavy atom. The Balaban J connectivity index is 1.97. The summed E-state index contributed by atoms with van der Waals surface area (Å²) < 4.78 is 33.2. The van der Waals surface area contributed by atoms with Gasteiger partial charge in [0.1, 0.15) is 28.7 Å². The van der Waals surface area contributed by atoms with Crippen LogP contribution < -0.4 is 5.32 Å². The lowest BCUT2D eigenvalue weighted by Crippen LogP contribution is -2.09. The van der Waals surface area contributed by atoms with E-state index >= 15 is 0 Å². The van der Waals surface area contributed by atoms with Gasteiger partial charge in [0.2, 0.25) is 0 Å². The minimum absolute atomic E-state index is 0.134. The van der Waals surface area contributed by atoms with Gasteiger partial charge >= 0.3 is 0 Å². The largest absolute Gasteiger partial charge is 0.459 e. The molecule has 0 radical (unpaired) electrons. The number of furan rings is 1. The molecular weight excluding hydrogens is 272 g/mol. The predicted octanol–water partition coefficient (Wildman–Crippen LogP) is 5.19. The van der Waals surface area contributed by atoms with Crippen molar-refractivity contribution in [3.8, 4) is 0 Å². The molecule has 1 unspecified atom stereocenters. The van der Waals surface area contributed by atoms with Crippen LogP contribution in [0.4, 0.5) is 14.5 Å². The van der Waals surface area contributed by atoms with Gasteiger partial charge in [0.25, 0.3) is 0 Å². The van der Waals surface area contributed by atoms with Crippen LogP contribution in [0, 0.1) is 18.6 Å². The van der Waals surface area contributed by atoms with Gasteiger partial charge in [-0.15, -0.1) is 0 Å². The van der Waals surface area contributed by atoms with Gasteiger partial charge in [-0.1, -0.05) is 24.3 Å². The first-order valence-corrected chi connectivity index (χ1v) is 6.76. The number of aryl methyl sites for hydroxylation is 1. The Labute approximate surface area is 121 Å². The summed E-state index contributed by atoms with van der Waals surface area (Å²) in [5.74, 6) is -0.551. The van der Waals surface area contributed by atoms with Gasteiger partial charge in [-0.05, 0) is 32.0 Å². The van der Waals surface area contributed by atoms with Crippen molar-refractivity contribution in [2.45, 2.75) is 19.9 Å². The van der Waals surface area contributed by atoms with Crippen molar-refractivity contribution >= 4 is 16.7 Å². The fourth-order valence-corrected chi connectivity index (χ4v) is 2.52. The topological polar surface area (TPSA) is 25.2 Å². The number of halogens is 2. The summed E-state index contributed by atoms with van der Waals surface area (Å²) in [6.45, 7) is 3.76. The molecule has 108 valence electrons. The smallest absolute Gasteiger partial charge is 0.149 e. The summed E-state index contributed by atoms with van der Waals surface area (Å²) >= 11 is 0. The van der Waals surface area contributed by atoms with Crippen molar-refractivity contribution in [1.82, 2.24) is 0 Å². The number of hydrogen-bond donors (Lipinski definition) is 1. The molecule has 0 saturated heterocycles. The van der Waals surface area contributed by atoms with Crippen molar-refractivity contribution in [1.29, 1.82) is 0 Å². The average molecular weight is 287 g/mol. The summed E-state index contributed by atoms with van der Waals surface area (Å²) in [5, 5.41) is 3.86. The van der Waals surface area contributed by atoms with Gasteiger partial charge in [0, 0.05) is 10.9 Å². The molecule has 0 bridgehead atoms. The van der Waals surface area contributed by atoms with Crippen molar-refractivity contribution < 1.29 is 13.2 Å². The standard InChI is InChI=1S/C17H15F2NO/c1-10-12-6-3-4-9-15(12)21-17(10)11(2)20-16-13(18)7-5-8-14(16)19/h3-9,11,20H,1-2H3. The minimum Gasteiger partial charge on any atom is -0.459 e. The summed E-state index contributed by atoms with van der Waals surface area (Å²) in [6, 6.07) is 11.1. The predicted molar refractivity (Wildman–Crippen MR) is 79.3 cm³/mol. The lowest BCUT2D eigenvalue weighted by Gasteiger charge is -2.15. The van der Waals surface area contributed by atoms with Crippen molar-refractivity contribution in [2.24, 2.45) is 0 Å². The van der Waals surface area contributed by atoms with Gasteiger partial charge in [-0.2, -0.15) is 0 Å². The first kappa shape index (κ1) is 13.6. The van der Waals surface area contributed by atoms with Gasteiger partial charge < -0.3 is 9.73 Å². The molecule has 1 N–H and O–H groups in total. The van der Waals surface area contributed by atoms with E-state index in [9.17, 15) is 8.78 Å². The molecule has 2 aromatic carbocycles. The molecular formula is C17H15F2NO. The quantitative estimate of drug-likeness (QED) is 0.717. The first-order chi connectivity index (χ1) is 10.1. The maximum absolute atomic E-state index is 13.7. The maximum Gasteiger partial charge on any atom is 0.149 e. The highest BCUT2D eigenvalue weighted by atomic mass is 19.1. The van der Waals surface area contributed by atoms with Gasteiger partial charge in [-0.25, -0.2) is 8.78 Å². The minimum atomic E-state index is -0.615. The zero-order valence-electron chi connectivity index (χ0n) is 11.8. The Morgan fingerprint density at radius 2 is 1.67 bits per heavy atom. The molecule has 3 aromatic rings. The van der Waals surface area contributed by atoms with Crippen molar-refractivity contribution in [2.75, 3.05) is 5.32 Å². The van der Waals surface area contributed by atoms with Crippen LogP contribution in [0.3, 0.4) is 0 Å². The van der Waals surface area contributed by atoms with E-state index < -0.39 is 11.6 Å². The van der Waals surface area contributed by atoms with Crippen LogP contribution in [0.1, 0.15) is 24.3 Å². The molecule has 4 heteroatoms. The number of benzene rings is 2. The van der Waals surface area contributed by atoms with E-state index in [1.165, 1.54) is 18.2 Å². The second-order valence-electron chi connectivity index (χ2n) is 5.05. The molecule has 21 heavy (non-hydrogen) atoms. The van der Waals surface area contributed by atoms with Crippen LogP contribution >= 0.6 is 0 Å². The summed E-state index contributed by atoms with van der Waals surface area (Å²) in [4.78, 5) is 0. The number of fused-ring (bicyclic) bond motifs is 1. The highest BCUT2D eigenvalue weighted by Crippen LogP contribution is 2.32. The summed E-state index contributed by atoms with van der Waals surface area (Å²) in [6.07, 6.45) is 0. The number of hydrogen-bond acceptors (Lipinski definition) is 2. The molecule has 0 aliphatic carbocycles. The Morgan fingerprint density at radius 3 is 2.33 bits per heavy atom. The molecule has 0 aliphatic heterocycles. The van der Waals surface area contributed by atoms with Crippen LogP contribution in [-0.4, -0.2) is 0 Å². The molecule has 0 fully saturated rings. The number of para-hydroxylation sites is 2. The Kier molecular flexibility index (Phi) is 3.37. The van der Waals surface area contributed by atoms with Crippen LogP contribution in [0.15, 0.2) is 46.9 Å². The molecule has 2 nitrogen and oxygen atoms in total. The molecule has 0 aliphatic rings. The average Bonchev–Trinajstić information content (AvgIpc) is 2.81. The molecule has 1 atom stereocenters. The third-order valence-corrected chi connectivity index (χ3v) is 3.60. The lowest BCUT2D eigenvalue weighted by atomic mass is 10.1. The van der Waals surface area contributed by atoms with Gasteiger partial charge in [0.15, 0.2) is 0 Å². The third kappa shape index (κ3) is 2.37. The van der Waals surface area contributed by atoms with E-state index in [2.05, 4.69) is 5.32 Å². The molecule has 0 spiro atoms. The maximum atomic E-state index is 13.7. The fourth-order valence-electron chi connectivity index (χ4n) is 2.52. The number of rotatable bonds is 3. The lowest BCUT2D eigenvalue weighted by molar-refractivity contribution is 0.516. The Bertz CT molecular complexity index is 774. The summed E-state index contributed by atoms with van der Waals surface area (Å²) in [5.41, 5.74) is 1.61. The fraction of sp³-hybridized carbons (Fsp3) is 0.176. The third-order valence-electron chi connectivity index (χ3n) is 3.60. The molecule has 3 rings (SSSR count).